The molecule has 2 aliphatic heterocycles. The smallest absolute Gasteiger partial charge is 0.327 e. The molecule has 4 atom stereocenters. The van der Waals surface area contributed by atoms with Gasteiger partial charge in [0.25, 0.3) is 5.91 Å². The zero-order chi connectivity index (χ0) is 30.1. The standard InChI is InChI=1S/C27H30N4O9S/c1-27(2)20(25(38)39)31-23(37)19(24(31)41-27)28-21(35)18(14-7-4-3-5-8-14)29-26(40)30(11-6-12-32)22(36)15-9-10-16(33)17(34)13-15/h3-5,7-10,13,18-20,24,32-34H,6,11-12H2,1-2H3,(H,28,35)(H,29,40)(H,38,39)/t18-,19-,20+,24-/m1/s1. The SMILES string of the molecule is CC1(C)S[C@@H]2[C@H](NC(=O)[C@H](NC(=O)N(CCCO)C(=O)c3ccc(O)c(O)c3)c3ccccc3)C(=O)N2[C@H]1C(=O)O. The number of carbonyl (C=O) groups is 5. The topological polar surface area (TPSA) is 197 Å². The molecular formula is C27H30N4O9S. The number of amides is 5. The van der Waals surface area contributed by atoms with Crippen LogP contribution < -0.4 is 10.6 Å². The molecule has 4 rings (SSSR count). The van der Waals surface area contributed by atoms with E-state index in [2.05, 4.69) is 10.6 Å². The number of hydrogen-bond acceptors (Lipinski definition) is 9. The number of phenols is 2. The number of aliphatic hydroxyl groups is 1. The van der Waals surface area contributed by atoms with Crippen LogP contribution in [0.3, 0.4) is 0 Å². The van der Waals surface area contributed by atoms with Crippen molar-refractivity contribution < 1.29 is 44.4 Å². The number of carboxylic acids is 1. The van der Waals surface area contributed by atoms with Crippen LogP contribution in [0.4, 0.5) is 4.79 Å². The van der Waals surface area contributed by atoms with Crippen molar-refractivity contribution in [3.63, 3.8) is 0 Å². The number of thioether (sulfide) groups is 1. The second-order valence-electron chi connectivity index (χ2n) is 10.1. The van der Waals surface area contributed by atoms with E-state index in [1.807, 2.05) is 0 Å². The summed E-state index contributed by atoms with van der Waals surface area (Å²) in [5.41, 5.74) is 0.227. The molecule has 14 heteroatoms. The third-order valence-corrected chi connectivity index (χ3v) is 8.46. The molecule has 0 aliphatic carbocycles. The van der Waals surface area contributed by atoms with E-state index in [9.17, 15) is 44.4 Å². The van der Waals surface area contributed by atoms with Crippen molar-refractivity contribution in [1.29, 1.82) is 0 Å². The van der Waals surface area contributed by atoms with Crippen LogP contribution >= 0.6 is 11.8 Å². The zero-order valence-electron chi connectivity index (χ0n) is 22.2. The Morgan fingerprint density at radius 2 is 1.76 bits per heavy atom. The first kappa shape index (κ1) is 29.7. The number of rotatable bonds is 9. The molecule has 6 N–H and O–H groups in total. The Kier molecular flexibility index (Phi) is 8.44. The number of benzene rings is 2. The Labute approximate surface area is 239 Å². The van der Waals surface area contributed by atoms with E-state index < -0.39 is 69.5 Å². The highest BCUT2D eigenvalue weighted by molar-refractivity contribution is 8.01. The minimum Gasteiger partial charge on any atom is -0.504 e. The van der Waals surface area contributed by atoms with Crippen LogP contribution in [0.25, 0.3) is 0 Å². The predicted octanol–water partition coefficient (Wildman–Crippen LogP) is 1.00. The van der Waals surface area contributed by atoms with E-state index in [1.165, 1.54) is 22.7 Å². The van der Waals surface area contributed by atoms with Crippen LogP contribution in [0.2, 0.25) is 0 Å². The first-order valence-electron chi connectivity index (χ1n) is 12.7. The Morgan fingerprint density at radius 3 is 2.37 bits per heavy atom. The van der Waals surface area contributed by atoms with Crippen molar-refractivity contribution in [3.05, 3.63) is 59.7 Å². The van der Waals surface area contributed by atoms with Gasteiger partial charge in [0.15, 0.2) is 11.5 Å². The molecule has 2 aromatic rings. The summed E-state index contributed by atoms with van der Waals surface area (Å²) in [5, 5.41) is 42.9. The van der Waals surface area contributed by atoms with Crippen LogP contribution in [0.15, 0.2) is 48.5 Å². The van der Waals surface area contributed by atoms with Gasteiger partial charge >= 0.3 is 12.0 Å². The largest absolute Gasteiger partial charge is 0.504 e. The second-order valence-corrected chi connectivity index (χ2v) is 11.9. The predicted molar refractivity (Wildman–Crippen MR) is 146 cm³/mol. The molecule has 0 bridgehead atoms. The average molecular weight is 587 g/mol. The lowest BCUT2D eigenvalue weighted by Crippen LogP contribution is -2.71. The number of hydrogen-bond donors (Lipinski definition) is 6. The number of urea groups is 1. The van der Waals surface area contributed by atoms with Crippen molar-refractivity contribution in [2.45, 2.75) is 48.5 Å². The molecule has 218 valence electrons. The summed E-state index contributed by atoms with van der Waals surface area (Å²) in [4.78, 5) is 66.8. The number of aliphatic hydroxyl groups excluding tert-OH is 1. The van der Waals surface area contributed by atoms with Crippen LogP contribution in [0, 0.1) is 0 Å². The minimum absolute atomic E-state index is 0.0251. The van der Waals surface area contributed by atoms with Gasteiger partial charge in [0.05, 0.1) is 0 Å². The quantitative estimate of drug-likeness (QED) is 0.182. The number of imide groups is 1. The van der Waals surface area contributed by atoms with E-state index in [1.54, 1.807) is 44.2 Å². The van der Waals surface area contributed by atoms with Crippen molar-refractivity contribution in [3.8, 4) is 11.5 Å². The minimum atomic E-state index is -1.35. The number of nitrogens with zero attached hydrogens (tertiary/aromatic N) is 2. The fraction of sp³-hybridized carbons (Fsp3) is 0.370. The molecule has 2 aromatic carbocycles. The summed E-state index contributed by atoms with van der Waals surface area (Å²) in [6.45, 7) is 2.85. The Bertz CT molecular complexity index is 1370. The molecule has 2 heterocycles. The number of phenolic OH excluding ortho intramolecular Hbond substituents is 2. The number of carboxylic acid groups (broad SMARTS) is 1. The van der Waals surface area contributed by atoms with Gasteiger partial charge in [-0.1, -0.05) is 30.3 Å². The monoisotopic (exact) mass is 586 g/mol. The first-order chi connectivity index (χ1) is 19.4. The van der Waals surface area contributed by atoms with Gasteiger partial charge in [-0.25, -0.2) is 9.59 Å². The summed E-state index contributed by atoms with van der Waals surface area (Å²) < 4.78 is -0.797. The Hall–Kier alpha value is -4.30. The normalized spacial score (nSPS) is 21.3. The number of fused-ring (bicyclic) bond motifs is 1. The van der Waals surface area contributed by atoms with Crippen LogP contribution in [0.1, 0.15) is 42.2 Å². The van der Waals surface area contributed by atoms with Gasteiger partial charge in [-0.05, 0) is 44.0 Å². The van der Waals surface area contributed by atoms with Gasteiger partial charge in [-0.2, -0.15) is 0 Å². The number of β-lactam (4-membered cyclic amide) rings is 1. The molecule has 2 saturated heterocycles. The second kappa shape index (κ2) is 11.7. The van der Waals surface area contributed by atoms with Crippen LogP contribution in [-0.4, -0.2) is 95.3 Å². The molecule has 0 spiro atoms. The van der Waals surface area contributed by atoms with E-state index in [0.29, 0.717) is 5.56 Å². The van der Waals surface area contributed by atoms with E-state index >= 15 is 0 Å². The molecule has 0 aromatic heterocycles. The third kappa shape index (κ3) is 5.79. The highest BCUT2D eigenvalue weighted by Gasteiger charge is 2.64. The van der Waals surface area contributed by atoms with Crippen molar-refractivity contribution in [2.75, 3.05) is 13.2 Å². The number of aliphatic carboxylic acids is 1. The lowest BCUT2D eigenvalue weighted by atomic mass is 9.95. The molecule has 2 fully saturated rings. The average Bonchev–Trinajstić information content (AvgIpc) is 3.20. The number of nitrogens with one attached hydrogen (secondary N) is 2. The van der Waals surface area contributed by atoms with Gasteiger partial charge in [0, 0.05) is 23.5 Å². The maximum atomic E-state index is 13.5. The van der Waals surface area contributed by atoms with E-state index in [0.717, 1.165) is 17.0 Å². The number of aromatic hydroxyl groups is 2. The Morgan fingerprint density at radius 1 is 1.07 bits per heavy atom. The molecule has 0 radical (unpaired) electrons. The molecule has 0 saturated carbocycles. The molecular weight excluding hydrogens is 556 g/mol. The zero-order valence-corrected chi connectivity index (χ0v) is 23.0. The van der Waals surface area contributed by atoms with Gasteiger partial charge in [0.2, 0.25) is 11.8 Å². The molecule has 2 aliphatic rings. The fourth-order valence-electron chi connectivity index (χ4n) is 4.87. The first-order valence-corrected chi connectivity index (χ1v) is 13.6. The maximum Gasteiger partial charge on any atom is 0.327 e. The van der Waals surface area contributed by atoms with Gasteiger partial charge in [-0.3, -0.25) is 19.3 Å². The summed E-state index contributed by atoms with van der Waals surface area (Å²) in [6, 6.07) is 6.98. The molecule has 5 amide bonds. The maximum absolute atomic E-state index is 13.5. The van der Waals surface area contributed by atoms with Gasteiger partial charge in [-0.15, -0.1) is 11.8 Å². The number of carbonyl (C=O) groups excluding carboxylic acids is 4. The lowest BCUT2D eigenvalue weighted by molar-refractivity contribution is -0.161. The van der Waals surface area contributed by atoms with Gasteiger partial charge in [0.1, 0.15) is 23.5 Å². The van der Waals surface area contributed by atoms with Crippen molar-refractivity contribution >= 4 is 41.5 Å². The van der Waals surface area contributed by atoms with Gasteiger partial charge < -0.3 is 36.0 Å². The van der Waals surface area contributed by atoms with Crippen molar-refractivity contribution in [2.24, 2.45) is 0 Å². The molecule has 41 heavy (non-hydrogen) atoms. The highest BCUT2D eigenvalue weighted by atomic mass is 32.2. The summed E-state index contributed by atoms with van der Waals surface area (Å²) in [5.74, 6) is -4.34. The molecule has 0 unspecified atom stereocenters. The Balaban J connectivity index is 1.56. The van der Waals surface area contributed by atoms with E-state index in [4.69, 9.17) is 0 Å². The highest BCUT2D eigenvalue weighted by Crippen LogP contribution is 2.50. The van der Waals surface area contributed by atoms with Crippen molar-refractivity contribution in [1.82, 2.24) is 20.4 Å². The van der Waals surface area contributed by atoms with E-state index in [-0.39, 0.29) is 25.1 Å². The summed E-state index contributed by atoms with van der Waals surface area (Å²) >= 11 is 1.25. The lowest BCUT2D eigenvalue weighted by Gasteiger charge is -2.44. The summed E-state index contributed by atoms with van der Waals surface area (Å²) in [7, 11) is 0. The third-order valence-electron chi connectivity index (χ3n) is 6.89. The molecule has 13 nitrogen and oxygen atoms in total. The van der Waals surface area contributed by atoms with Crippen LogP contribution in [-0.2, 0) is 14.4 Å². The summed E-state index contributed by atoms with van der Waals surface area (Å²) in [6.07, 6.45) is 0.0251. The fourth-order valence-corrected chi connectivity index (χ4v) is 6.49. The van der Waals surface area contributed by atoms with Crippen LogP contribution in [0.5, 0.6) is 11.5 Å².